The third kappa shape index (κ3) is 3.30. The number of nitrogens with zero attached hydrogens (tertiary/aromatic N) is 2. The highest BCUT2D eigenvalue weighted by Gasteiger charge is 2.25. The Kier molecular flexibility index (Phi) is 5.00. The van der Waals surface area contributed by atoms with E-state index < -0.39 is 4.92 Å². The van der Waals surface area contributed by atoms with Gasteiger partial charge in [0.15, 0.2) is 0 Å². The van der Waals surface area contributed by atoms with E-state index >= 15 is 0 Å². The van der Waals surface area contributed by atoms with Crippen LogP contribution in [-0.2, 0) is 11.2 Å². The second-order valence-electron chi connectivity index (χ2n) is 4.90. The van der Waals surface area contributed by atoms with Crippen LogP contribution in [0, 0.1) is 10.1 Å². The molecule has 0 spiro atoms. The van der Waals surface area contributed by atoms with E-state index in [4.69, 9.17) is 0 Å². The van der Waals surface area contributed by atoms with Gasteiger partial charge in [-0.3, -0.25) is 14.9 Å². The molecule has 0 radical (unpaired) electrons. The van der Waals surface area contributed by atoms with Gasteiger partial charge in [0, 0.05) is 30.8 Å². The zero-order chi connectivity index (χ0) is 14.5. The van der Waals surface area contributed by atoms with E-state index in [-0.39, 0.29) is 11.6 Å². The number of rotatable bonds is 6. The number of hydrogen-bond donors (Lipinski definition) is 1. The van der Waals surface area contributed by atoms with E-state index in [1.54, 1.807) is 17.0 Å². The summed E-state index contributed by atoms with van der Waals surface area (Å²) in [7, 11) is 0. The quantitative estimate of drug-likeness (QED) is 0.380. The molecule has 6 heteroatoms. The van der Waals surface area contributed by atoms with Crippen LogP contribution in [0.25, 0.3) is 0 Å². The van der Waals surface area contributed by atoms with Crippen molar-refractivity contribution in [3.63, 3.8) is 0 Å². The van der Waals surface area contributed by atoms with Crippen LogP contribution >= 0.6 is 12.6 Å². The summed E-state index contributed by atoms with van der Waals surface area (Å²) in [6.45, 7) is 0.678. The minimum atomic E-state index is -0.395. The first-order valence-corrected chi connectivity index (χ1v) is 7.45. The Bertz CT molecular complexity index is 519. The van der Waals surface area contributed by atoms with Gasteiger partial charge in [0.1, 0.15) is 0 Å². The third-order valence-electron chi connectivity index (χ3n) is 3.51. The second-order valence-corrected chi connectivity index (χ2v) is 5.35. The van der Waals surface area contributed by atoms with Gasteiger partial charge in [-0.05, 0) is 36.6 Å². The van der Waals surface area contributed by atoms with Crippen molar-refractivity contribution in [1.82, 2.24) is 0 Å². The third-order valence-corrected chi connectivity index (χ3v) is 3.83. The standard InChI is InChI=1S/C14H18N2O3S/c17-14-7-4-11-10-12(16(18)19)5-6-13(11)15(14)8-2-1-3-9-20/h5-6,10,20H,1-4,7-9H2. The lowest BCUT2D eigenvalue weighted by Crippen LogP contribution is -2.35. The number of hydrogen-bond acceptors (Lipinski definition) is 4. The number of anilines is 1. The molecule has 1 aromatic carbocycles. The van der Waals surface area contributed by atoms with E-state index in [2.05, 4.69) is 12.6 Å². The van der Waals surface area contributed by atoms with Gasteiger partial charge in [-0.2, -0.15) is 12.6 Å². The highest BCUT2D eigenvalue weighted by Crippen LogP contribution is 2.31. The average Bonchev–Trinajstić information content (AvgIpc) is 2.44. The summed E-state index contributed by atoms with van der Waals surface area (Å²) in [5, 5.41) is 10.8. The molecule has 0 aliphatic carbocycles. The molecule has 0 N–H and O–H groups in total. The Labute approximate surface area is 123 Å². The molecule has 0 fully saturated rings. The fourth-order valence-corrected chi connectivity index (χ4v) is 2.69. The smallest absolute Gasteiger partial charge is 0.269 e. The lowest BCUT2D eigenvalue weighted by atomic mass is 10.00. The van der Waals surface area contributed by atoms with E-state index in [0.29, 0.717) is 19.4 Å². The molecule has 0 unspecified atom stereocenters. The normalized spacial score (nSPS) is 14.2. The van der Waals surface area contributed by atoms with Crippen LogP contribution in [0.3, 0.4) is 0 Å². The van der Waals surface area contributed by atoms with Gasteiger partial charge in [0.25, 0.3) is 5.69 Å². The van der Waals surface area contributed by atoms with Gasteiger partial charge in [-0.1, -0.05) is 6.42 Å². The Morgan fingerprint density at radius 2 is 2.05 bits per heavy atom. The van der Waals surface area contributed by atoms with Crippen LogP contribution in [0.4, 0.5) is 11.4 Å². The number of thiol groups is 1. The van der Waals surface area contributed by atoms with Crippen molar-refractivity contribution in [1.29, 1.82) is 0 Å². The van der Waals surface area contributed by atoms with Gasteiger partial charge in [-0.25, -0.2) is 0 Å². The zero-order valence-electron chi connectivity index (χ0n) is 11.2. The number of aryl methyl sites for hydroxylation is 1. The molecule has 5 nitrogen and oxygen atoms in total. The number of carbonyl (C=O) groups is 1. The molecule has 108 valence electrons. The molecule has 1 aromatic rings. The van der Waals surface area contributed by atoms with Crippen molar-refractivity contribution in [2.45, 2.75) is 32.1 Å². The molecule has 0 atom stereocenters. The van der Waals surface area contributed by atoms with Crippen LogP contribution in [0.1, 0.15) is 31.2 Å². The number of fused-ring (bicyclic) bond motifs is 1. The highest BCUT2D eigenvalue weighted by atomic mass is 32.1. The molecular formula is C14H18N2O3S. The minimum Gasteiger partial charge on any atom is -0.312 e. The number of carbonyl (C=O) groups excluding carboxylic acids is 1. The first-order valence-electron chi connectivity index (χ1n) is 6.82. The van der Waals surface area contributed by atoms with Crippen molar-refractivity contribution in [3.05, 3.63) is 33.9 Å². The summed E-state index contributed by atoms with van der Waals surface area (Å²) in [6, 6.07) is 4.75. The lowest BCUT2D eigenvalue weighted by molar-refractivity contribution is -0.384. The second kappa shape index (κ2) is 6.74. The van der Waals surface area contributed by atoms with Gasteiger partial charge in [-0.15, -0.1) is 0 Å². The highest BCUT2D eigenvalue weighted by molar-refractivity contribution is 7.80. The SMILES string of the molecule is O=C1CCc2cc([N+](=O)[O-])ccc2N1CCCCCS. The first-order chi connectivity index (χ1) is 9.63. The summed E-state index contributed by atoms with van der Waals surface area (Å²) in [5.41, 5.74) is 1.82. The van der Waals surface area contributed by atoms with Gasteiger partial charge < -0.3 is 4.90 Å². The summed E-state index contributed by atoms with van der Waals surface area (Å²) < 4.78 is 0. The van der Waals surface area contributed by atoms with Crippen molar-refractivity contribution >= 4 is 29.9 Å². The van der Waals surface area contributed by atoms with Crippen LogP contribution in [0.2, 0.25) is 0 Å². The Hall–Kier alpha value is -1.56. The van der Waals surface area contributed by atoms with Crippen LogP contribution < -0.4 is 4.90 Å². The maximum absolute atomic E-state index is 12.0. The Morgan fingerprint density at radius 3 is 2.75 bits per heavy atom. The summed E-state index contributed by atoms with van der Waals surface area (Å²) in [4.78, 5) is 24.2. The van der Waals surface area contributed by atoms with Gasteiger partial charge in [0.05, 0.1) is 4.92 Å². The predicted molar refractivity (Wildman–Crippen MR) is 81.5 cm³/mol. The van der Waals surface area contributed by atoms with Crippen molar-refractivity contribution in [2.24, 2.45) is 0 Å². The molecule has 1 aliphatic heterocycles. The molecule has 1 amide bonds. The van der Waals surface area contributed by atoms with E-state index in [0.717, 1.165) is 36.3 Å². The minimum absolute atomic E-state index is 0.0909. The molecule has 0 aromatic heterocycles. The van der Waals surface area contributed by atoms with Gasteiger partial charge in [0.2, 0.25) is 5.91 Å². The number of nitro groups is 1. The van der Waals surface area contributed by atoms with E-state index in [1.807, 2.05) is 0 Å². The first kappa shape index (κ1) is 14.8. The molecule has 0 bridgehead atoms. The molecule has 0 saturated carbocycles. The fourth-order valence-electron chi connectivity index (χ4n) is 2.46. The lowest BCUT2D eigenvalue weighted by Gasteiger charge is -2.29. The summed E-state index contributed by atoms with van der Waals surface area (Å²) in [6.07, 6.45) is 4.03. The Morgan fingerprint density at radius 1 is 1.25 bits per heavy atom. The van der Waals surface area contributed by atoms with E-state index in [9.17, 15) is 14.9 Å². The molecular weight excluding hydrogens is 276 g/mol. The van der Waals surface area contributed by atoms with Crippen molar-refractivity contribution in [3.8, 4) is 0 Å². The maximum Gasteiger partial charge on any atom is 0.269 e. The number of nitro benzene ring substituents is 1. The van der Waals surface area contributed by atoms with E-state index in [1.165, 1.54) is 6.07 Å². The monoisotopic (exact) mass is 294 g/mol. The number of non-ortho nitro benzene ring substituents is 1. The van der Waals surface area contributed by atoms with Crippen LogP contribution in [-0.4, -0.2) is 23.1 Å². The molecule has 20 heavy (non-hydrogen) atoms. The van der Waals surface area contributed by atoms with Gasteiger partial charge >= 0.3 is 0 Å². The molecule has 1 aliphatic rings. The van der Waals surface area contributed by atoms with Crippen LogP contribution in [0.15, 0.2) is 18.2 Å². The average molecular weight is 294 g/mol. The van der Waals surface area contributed by atoms with Crippen molar-refractivity contribution in [2.75, 3.05) is 17.2 Å². The number of amides is 1. The number of benzene rings is 1. The molecule has 0 saturated heterocycles. The maximum atomic E-state index is 12.0. The van der Waals surface area contributed by atoms with Crippen LogP contribution in [0.5, 0.6) is 0 Å². The summed E-state index contributed by atoms with van der Waals surface area (Å²) >= 11 is 4.17. The number of unbranched alkanes of at least 4 members (excludes halogenated alkanes) is 2. The zero-order valence-corrected chi connectivity index (χ0v) is 12.1. The fraction of sp³-hybridized carbons (Fsp3) is 0.500. The topological polar surface area (TPSA) is 63.4 Å². The molecule has 1 heterocycles. The molecule has 2 rings (SSSR count). The van der Waals surface area contributed by atoms with Crippen molar-refractivity contribution < 1.29 is 9.72 Å². The summed E-state index contributed by atoms with van der Waals surface area (Å²) in [5.74, 6) is 0.966. The predicted octanol–water partition coefficient (Wildman–Crippen LogP) is 2.97. The Balaban J connectivity index is 2.14. The largest absolute Gasteiger partial charge is 0.312 e.